The molecule has 4 N–H and O–H groups in total. The van der Waals surface area contributed by atoms with Gasteiger partial charge in [-0.3, -0.25) is 5.32 Å². The van der Waals surface area contributed by atoms with E-state index in [1.54, 1.807) is 12.3 Å². The number of amides is 2. The van der Waals surface area contributed by atoms with Gasteiger partial charge in [0, 0.05) is 62.2 Å². The molecule has 2 amide bonds. The predicted octanol–water partition coefficient (Wildman–Crippen LogP) is 1.86. The summed E-state index contributed by atoms with van der Waals surface area (Å²) in [6.45, 7) is 5.35. The van der Waals surface area contributed by atoms with Crippen LogP contribution in [-0.4, -0.2) is 79.2 Å². The normalized spacial score (nSPS) is 13.9. The van der Waals surface area contributed by atoms with Crippen molar-refractivity contribution < 1.29 is 4.79 Å². The molecule has 0 bridgehead atoms. The van der Waals surface area contributed by atoms with Crippen LogP contribution >= 0.6 is 0 Å². The number of nitrogens with zero attached hydrogens (tertiary/aromatic N) is 5. The van der Waals surface area contributed by atoms with Crippen LogP contribution in [0.15, 0.2) is 42.6 Å². The summed E-state index contributed by atoms with van der Waals surface area (Å²) in [6.07, 6.45) is 1.72. The Morgan fingerprint density at radius 3 is 2.62 bits per heavy atom. The number of carbonyl (C=O) groups excluding carboxylic acids is 1. The molecule has 0 radical (unpaired) electrons. The lowest BCUT2D eigenvalue weighted by Gasteiger charge is -2.29. The topological polar surface area (TPSA) is 110 Å². The number of urea groups is 1. The molecule has 32 heavy (non-hydrogen) atoms. The van der Waals surface area contributed by atoms with E-state index in [1.165, 1.54) is 5.69 Å². The number of likely N-dealkylation sites (N-methyl/N-ethyl adjacent to an activating group) is 1. The van der Waals surface area contributed by atoms with Gasteiger partial charge in [0.05, 0.1) is 0 Å². The maximum atomic E-state index is 12.0. The zero-order valence-electron chi connectivity index (χ0n) is 18.4. The highest BCUT2D eigenvalue weighted by Crippen LogP contribution is 2.21. The van der Waals surface area contributed by atoms with Crippen LogP contribution in [0.1, 0.15) is 0 Å². The van der Waals surface area contributed by atoms with Crippen LogP contribution in [0.5, 0.6) is 0 Å². The van der Waals surface area contributed by atoms with E-state index in [1.807, 2.05) is 37.2 Å². The fourth-order valence-corrected chi connectivity index (χ4v) is 3.40. The molecule has 0 saturated carbocycles. The third-order valence-corrected chi connectivity index (χ3v) is 5.13. The van der Waals surface area contributed by atoms with E-state index in [0.717, 1.165) is 43.8 Å². The van der Waals surface area contributed by atoms with Crippen LogP contribution in [0, 0.1) is 0 Å². The minimum atomic E-state index is -0.296. The summed E-state index contributed by atoms with van der Waals surface area (Å²) in [5, 5.41) is 12.9. The van der Waals surface area contributed by atoms with Gasteiger partial charge in [0.1, 0.15) is 5.82 Å². The number of pyridine rings is 1. The van der Waals surface area contributed by atoms with Crippen LogP contribution in [0.4, 0.5) is 27.9 Å². The van der Waals surface area contributed by atoms with Gasteiger partial charge in [-0.05, 0) is 50.5 Å². The monoisotopic (exact) mass is 435 g/mol. The molecule has 3 heterocycles. The third kappa shape index (κ3) is 5.80. The molecule has 3 aromatic rings. The Balaban J connectivity index is 1.40. The van der Waals surface area contributed by atoms with Gasteiger partial charge >= 0.3 is 6.03 Å². The highest BCUT2D eigenvalue weighted by atomic mass is 16.2. The average Bonchev–Trinajstić information content (AvgIpc) is 2.80. The smallest absolute Gasteiger partial charge is 0.320 e. The maximum Gasteiger partial charge on any atom is 0.320 e. The molecular formula is C22H29N9O. The number of aromatic nitrogens is 3. The molecule has 0 unspecified atom stereocenters. The number of fused-ring (bicyclic) bond motifs is 1. The van der Waals surface area contributed by atoms with Crippen LogP contribution in [0.3, 0.4) is 0 Å². The maximum absolute atomic E-state index is 12.0. The van der Waals surface area contributed by atoms with Gasteiger partial charge < -0.3 is 25.8 Å². The van der Waals surface area contributed by atoms with Crippen molar-refractivity contribution in [1.29, 1.82) is 0 Å². The predicted molar refractivity (Wildman–Crippen MR) is 128 cm³/mol. The third-order valence-electron chi connectivity index (χ3n) is 5.13. The molecule has 168 valence electrons. The van der Waals surface area contributed by atoms with Crippen molar-refractivity contribution in [3.05, 3.63) is 42.6 Å². The van der Waals surface area contributed by atoms with Gasteiger partial charge in [-0.2, -0.15) is 4.98 Å². The van der Waals surface area contributed by atoms with Crippen molar-refractivity contribution in [3.8, 4) is 0 Å². The number of anilines is 4. The first kappa shape index (κ1) is 21.7. The molecule has 0 aliphatic carbocycles. The summed E-state index contributed by atoms with van der Waals surface area (Å²) in [6, 6.07) is 11.5. The zero-order valence-corrected chi connectivity index (χ0v) is 18.4. The van der Waals surface area contributed by atoms with E-state index < -0.39 is 0 Å². The molecule has 0 atom stereocenters. The van der Waals surface area contributed by atoms with Crippen molar-refractivity contribution in [2.45, 2.75) is 0 Å². The first-order chi connectivity index (χ1) is 15.6. The largest absolute Gasteiger partial charge is 0.369 e. The average molecular weight is 436 g/mol. The zero-order chi connectivity index (χ0) is 22.3. The first-order valence-electron chi connectivity index (χ1n) is 10.7. The highest BCUT2D eigenvalue weighted by molar-refractivity contribution is 5.89. The second kappa shape index (κ2) is 10.2. The summed E-state index contributed by atoms with van der Waals surface area (Å²) < 4.78 is 0. The van der Waals surface area contributed by atoms with E-state index in [4.69, 9.17) is 0 Å². The number of carbonyl (C=O) groups is 1. The molecule has 10 heteroatoms. The van der Waals surface area contributed by atoms with Crippen LogP contribution in [0.25, 0.3) is 11.0 Å². The van der Waals surface area contributed by atoms with Gasteiger partial charge in [-0.15, -0.1) is 0 Å². The molecule has 1 saturated heterocycles. The summed E-state index contributed by atoms with van der Waals surface area (Å²) in [4.78, 5) is 29.7. The Kier molecular flexibility index (Phi) is 6.93. The lowest BCUT2D eigenvalue weighted by molar-refractivity contribution is 0.250. The minimum Gasteiger partial charge on any atom is -0.369 e. The van der Waals surface area contributed by atoms with Gasteiger partial charge in [-0.25, -0.2) is 14.8 Å². The number of hydrogen-bond donors (Lipinski definition) is 4. The number of nitrogens with one attached hydrogen (secondary N) is 4. The summed E-state index contributed by atoms with van der Waals surface area (Å²) >= 11 is 0. The van der Waals surface area contributed by atoms with Crippen LogP contribution in [0.2, 0.25) is 0 Å². The number of rotatable bonds is 7. The summed E-state index contributed by atoms with van der Waals surface area (Å²) in [5.74, 6) is 0.886. The quantitative estimate of drug-likeness (QED) is 0.445. The molecule has 2 aromatic heterocycles. The van der Waals surface area contributed by atoms with E-state index in [-0.39, 0.29) is 6.03 Å². The molecule has 4 rings (SSSR count). The van der Waals surface area contributed by atoms with Gasteiger partial charge in [-0.1, -0.05) is 0 Å². The van der Waals surface area contributed by atoms with Gasteiger partial charge in [0.25, 0.3) is 0 Å². The SMILES string of the molecule is CN(C)CCNC(=O)Nc1ccc2cnc(Nc3ccc(N4CCNCC4)cc3)nc2n1. The van der Waals surface area contributed by atoms with E-state index in [0.29, 0.717) is 24.0 Å². The molecular weight excluding hydrogens is 406 g/mol. The molecule has 1 aliphatic rings. The van der Waals surface area contributed by atoms with E-state index >= 15 is 0 Å². The second-order valence-corrected chi connectivity index (χ2v) is 7.90. The highest BCUT2D eigenvalue weighted by Gasteiger charge is 2.10. The van der Waals surface area contributed by atoms with Crippen molar-refractivity contribution >= 4 is 40.2 Å². The van der Waals surface area contributed by atoms with E-state index in [9.17, 15) is 4.79 Å². The van der Waals surface area contributed by atoms with Crippen LogP contribution < -0.4 is 26.2 Å². The summed E-state index contributed by atoms with van der Waals surface area (Å²) in [5.41, 5.74) is 2.61. The van der Waals surface area contributed by atoms with Gasteiger partial charge in [0.2, 0.25) is 5.95 Å². The van der Waals surface area contributed by atoms with Crippen LogP contribution in [-0.2, 0) is 0 Å². The lowest BCUT2D eigenvalue weighted by atomic mass is 10.2. The lowest BCUT2D eigenvalue weighted by Crippen LogP contribution is -2.43. The standard InChI is InChI=1S/C22H29N9O/c1-30(2)12-11-24-22(32)28-19-8-3-16-15-25-21(29-20(16)27-19)26-17-4-6-18(7-5-17)31-13-9-23-10-14-31/h3-8,15,23H,9-14H2,1-2H3,(H3,24,25,26,27,28,29,32). The molecule has 1 aromatic carbocycles. The summed E-state index contributed by atoms with van der Waals surface area (Å²) in [7, 11) is 3.91. The van der Waals surface area contributed by atoms with Crippen molar-refractivity contribution in [1.82, 2.24) is 30.5 Å². The first-order valence-corrected chi connectivity index (χ1v) is 10.7. The van der Waals surface area contributed by atoms with Crippen molar-refractivity contribution in [2.75, 3.05) is 68.9 Å². The minimum absolute atomic E-state index is 0.296. The fourth-order valence-electron chi connectivity index (χ4n) is 3.40. The van der Waals surface area contributed by atoms with Crippen molar-refractivity contribution in [2.24, 2.45) is 0 Å². The molecule has 10 nitrogen and oxygen atoms in total. The Bertz CT molecular complexity index is 1050. The molecule has 0 spiro atoms. The number of hydrogen-bond acceptors (Lipinski definition) is 8. The Hall–Kier alpha value is -3.50. The Morgan fingerprint density at radius 2 is 1.88 bits per heavy atom. The van der Waals surface area contributed by atoms with Gasteiger partial charge in [0.15, 0.2) is 5.65 Å². The second-order valence-electron chi connectivity index (χ2n) is 7.90. The Morgan fingerprint density at radius 1 is 1.09 bits per heavy atom. The number of benzene rings is 1. The molecule has 1 fully saturated rings. The van der Waals surface area contributed by atoms with E-state index in [2.05, 4.69) is 53.3 Å². The Labute approximate surface area is 187 Å². The number of piperazine rings is 1. The van der Waals surface area contributed by atoms with Crippen molar-refractivity contribution in [3.63, 3.8) is 0 Å². The molecule has 1 aliphatic heterocycles. The fraction of sp³-hybridized carbons (Fsp3) is 0.364.